The van der Waals surface area contributed by atoms with Gasteiger partial charge in [0.15, 0.2) is 5.65 Å². The molecule has 0 aliphatic carbocycles. The van der Waals surface area contributed by atoms with Gasteiger partial charge in [-0.2, -0.15) is 0 Å². The third-order valence-corrected chi connectivity index (χ3v) is 2.32. The summed E-state index contributed by atoms with van der Waals surface area (Å²) in [7, 11) is 0. The minimum atomic E-state index is -0.132. The monoisotopic (exact) mass is 212 g/mol. The van der Waals surface area contributed by atoms with Gasteiger partial charge in [-0.05, 0) is 12.1 Å². The largest absolute Gasteiger partial charge is 0.287 e. The van der Waals surface area contributed by atoms with Crippen LogP contribution in [0.5, 0.6) is 0 Å². The number of nitrogens with zero attached hydrogens (tertiary/aromatic N) is 3. The lowest BCUT2D eigenvalue weighted by Gasteiger charge is -1.93. The number of hydrogen-bond acceptors (Lipinski definition) is 3. The molecule has 78 valence electrons. The first-order valence-electron chi connectivity index (χ1n) is 4.83. The first-order chi connectivity index (χ1) is 7.84. The van der Waals surface area contributed by atoms with Crippen LogP contribution in [-0.2, 0) is 0 Å². The van der Waals surface area contributed by atoms with Gasteiger partial charge in [0.1, 0.15) is 0 Å². The average molecular weight is 212 g/mol. The Balaban J connectivity index is 2.28. The van der Waals surface area contributed by atoms with E-state index in [1.54, 1.807) is 12.3 Å². The molecule has 0 fully saturated rings. The molecule has 0 bridgehead atoms. The van der Waals surface area contributed by atoms with Gasteiger partial charge >= 0.3 is 0 Å². The van der Waals surface area contributed by atoms with Gasteiger partial charge in [0.2, 0.25) is 0 Å². The van der Waals surface area contributed by atoms with Crippen LogP contribution in [0.25, 0.3) is 17.0 Å². The van der Waals surface area contributed by atoms with Crippen molar-refractivity contribution in [2.24, 2.45) is 0 Å². The summed E-state index contributed by atoms with van der Waals surface area (Å²) in [6.07, 6.45) is 3.20. The summed E-state index contributed by atoms with van der Waals surface area (Å²) in [5.74, 6) is 0. The van der Waals surface area contributed by atoms with Crippen LogP contribution in [0.3, 0.4) is 0 Å². The minimum absolute atomic E-state index is 0.132. The second-order valence-corrected chi connectivity index (χ2v) is 3.36. The van der Waals surface area contributed by atoms with Crippen molar-refractivity contribution in [1.29, 1.82) is 0 Å². The van der Waals surface area contributed by atoms with Crippen LogP contribution in [0, 0.1) is 0 Å². The zero-order chi connectivity index (χ0) is 11.0. The quantitative estimate of drug-likeness (QED) is 0.656. The Hall–Kier alpha value is -2.43. The highest BCUT2D eigenvalue weighted by molar-refractivity contribution is 5.59. The summed E-state index contributed by atoms with van der Waals surface area (Å²) in [5, 5.41) is 2.96. The fourth-order valence-corrected chi connectivity index (χ4v) is 1.57. The molecule has 3 aromatic rings. The molecule has 5 heteroatoms. The molecule has 1 N–H and O–H groups in total. The molecular formula is C11H8N4O. The van der Waals surface area contributed by atoms with Crippen molar-refractivity contribution in [2.45, 2.75) is 0 Å². The van der Waals surface area contributed by atoms with Crippen molar-refractivity contribution < 1.29 is 0 Å². The van der Waals surface area contributed by atoms with Crippen LogP contribution in [0.2, 0.25) is 0 Å². The molecule has 0 amide bonds. The topological polar surface area (TPSA) is 63.0 Å². The maximum Gasteiger partial charge on any atom is 0.272 e. The van der Waals surface area contributed by atoms with Gasteiger partial charge in [0, 0.05) is 24.5 Å². The molecule has 5 nitrogen and oxygen atoms in total. The fraction of sp³-hybridized carbons (Fsp3) is 0. The number of nitrogens with one attached hydrogen (secondary N) is 1. The van der Waals surface area contributed by atoms with Crippen molar-refractivity contribution >= 4 is 5.65 Å². The lowest BCUT2D eigenvalue weighted by Crippen LogP contribution is -2.12. The van der Waals surface area contributed by atoms with E-state index in [4.69, 9.17) is 0 Å². The molecule has 0 saturated heterocycles. The van der Waals surface area contributed by atoms with Gasteiger partial charge in [0.25, 0.3) is 5.56 Å². The molecule has 3 heterocycles. The van der Waals surface area contributed by atoms with Crippen molar-refractivity contribution in [3.8, 4) is 11.4 Å². The number of H-pyrrole nitrogens is 1. The number of aromatic nitrogens is 4. The van der Waals surface area contributed by atoms with Crippen molar-refractivity contribution in [3.63, 3.8) is 0 Å². The number of aromatic amines is 1. The number of pyridine rings is 1. The van der Waals surface area contributed by atoms with Crippen LogP contribution in [-0.4, -0.2) is 19.6 Å². The summed E-state index contributed by atoms with van der Waals surface area (Å²) in [4.78, 5) is 19.8. The summed E-state index contributed by atoms with van der Waals surface area (Å²) in [5.41, 5.74) is 2.02. The van der Waals surface area contributed by atoms with E-state index < -0.39 is 0 Å². The molecule has 0 spiro atoms. The molecular weight excluding hydrogens is 204 g/mol. The maximum atomic E-state index is 11.5. The van der Waals surface area contributed by atoms with E-state index in [1.165, 1.54) is 16.8 Å². The molecule has 0 aliphatic rings. The molecule has 3 aromatic heterocycles. The summed E-state index contributed by atoms with van der Waals surface area (Å²) >= 11 is 0. The third kappa shape index (κ3) is 1.30. The van der Waals surface area contributed by atoms with E-state index >= 15 is 0 Å². The average Bonchev–Trinajstić information content (AvgIpc) is 2.76. The molecule has 0 aromatic carbocycles. The summed E-state index contributed by atoms with van der Waals surface area (Å²) in [6, 6.07) is 8.81. The van der Waals surface area contributed by atoms with Crippen molar-refractivity contribution in [2.75, 3.05) is 0 Å². The van der Waals surface area contributed by atoms with Crippen LogP contribution in [0.1, 0.15) is 0 Å². The second kappa shape index (κ2) is 3.30. The first-order valence-corrected chi connectivity index (χ1v) is 4.83. The Morgan fingerprint density at radius 3 is 2.81 bits per heavy atom. The van der Waals surface area contributed by atoms with Crippen LogP contribution < -0.4 is 5.56 Å². The zero-order valence-electron chi connectivity index (χ0n) is 8.29. The van der Waals surface area contributed by atoms with Crippen molar-refractivity contribution in [1.82, 2.24) is 19.6 Å². The lowest BCUT2D eigenvalue weighted by molar-refractivity contribution is 0.901. The summed E-state index contributed by atoms with van der Waals surface area (Å²) < 4.78 is 1.39. The predicted molar refractivity (Wildman–Crippen MR) is 59.0 cm³/mol. The molecule has 16 heavy (non-hydrogen) atoms. The van der Waals surface area contributed by atoms with Gasteiger partial charge in [-0.1, -0.05) is 6.07 Å². The van der Waals surface area contributed by atoms with Gasteiger partial charge in [-0.15, -0.1) is 0 Å². The molecule has 0 saturated carbocycles. The second-order valence-electron chi connectivity index (χ2n) is 3.36. The van der Waals surface area contributed by atoms with Gasteiger partial charge in [-0.25, -0.2) is 9.50 Å². The van der Waals surface area contributed by atoms with E-state index in [0.717, 1.165) is 11.4 Å². The first kappa shape index (κ1) is 8.84. The molecule has 0 atom stereocenters. The highest BCUT2D eigenvalue weighted by atomic mass is 16.1. The van der Waals surface area contributed by atoms with E-state index in [9.17, 15) is 4.79 Å². The molecule has 3 rings (SSSR count). The normalized spacial score (nSPS) is 10.8. The van der Waals surface area contributed by atoms with Crippen LogP contribution in [0.4, 0.5) is 0 Å². The predicted octanol–water partition coefficient (Wildman–Crippen LogP) is 1.08. The summed E-state index contributed by atoms with van der Waals surface area (Å²) in [6.45, 7) is 0. The van der Waals surface area contributed by atoms with E-state index in [0.29, 0.717) is 5.65 Å². The van der Waals surface area contributed by atoms with E-state index in [2.05, 4.69) is 15.1 Å². The van der Waals surface area contributed by atoms with Gasteiger partial charge < -0.3 is 0 Å². The Labute approximate surface area is 90.4 Å². The lowest BCUT2D eigenvalue weighted by atomic mass is 10.3. The Morgan fingerprint density at radius 1 is 1.12 bits per heavy atom. The number of fused-ring (bicyclic) bond motifs is 1. The smallest absolute Gasteiger partial charge is 0.272 e. The number of hydrogen-bond donors (Lipinski definition) is 1. The Kier molecular flexibility index (Phi) is 1.83. The highest BCUT2D eigenvalue weighted by Crippen LogP contribution is 2.14. The Bertz CT molecular complexity index is 684. The van der Waals surface area contributed by atoms with Crippen molar-refractivity contribution in [3.05, 3.63) is 53.1 Å². The fourth-order valence-electron chi connectivity index (χ4n) is 1.57. The van der Waals surface area contributed by atoms with Crippen LogP contribution >= 0.6 is 0 Å². The van der Waals surface area contributed by atoms with Crippen LogP contribution in [0.15, 0.2) is 47.5 Å². The molecule has 0 aliphatic heterocycles. The number of rotatable bonds is 1. The highest BCUT2D eigenvalue weighted by Gasteiger charge is 2.04. The molecule has 0 unspecified atom stereocenters. The minimum Gasteiger partial charge on any atom is -0.287 e. The van der Waals surface area contributed by atoms with E-state index in [1.807, 2.05) is 18.2 Å². The third-order valence-electron chi connectivity index (χ3n) is 2.32. The SMILES string of the molecule is O=c1ccnc2cc(-c3ccccn3)[nH]n12. The maximum absolute atomic E-state index is 11.5. The zero-order valence-corrected chi connectivity index (χ0v) is 8.29. The Morgan fingerprint density at radius 2 is 2.06 bits per heavy atom. The molecule has 0 radical (unpaired) electrons. The van der Waals surface area contributed by atoms with Gasteiger partial charge in [-0.3, -0.25) is 14.9 Å². The standard InChI is InChI=1S/C11H8N4O/c16-11-4-6-13-10-7-9(14-15(10)11)8-3-1-2-5-12-8/h1-7,14H. The van der Waals surface area contributed by atoms with Gasteiger partial charge in [0.05, 0.1) is 11.4 Å². The van der Waals surface area contributed by atoms with E-state index in [-0.39, 0.29) is 5.56 Å².